The van der Waals surface area contributed by atoms with Crippen LogP contribution < -0.4 is 21.5 Å². The summed E-state index contributed by atoms with van der Waals surface area (Å²) in [5.41, 5.74) is 6.84. The second kappa shape index (κ2) is 10.9. The monoisotopic (exact) mass is 616 g/mol. The maximum Gasteiger partial charge on any atom is 0.274 e. The van der Waals surface area contributed by atoms with Gasteiger partial charge in [0.1, 0.15) is 5.65 Å². The molecule has 1 saturated heterocycles. The van der Waals surface area contributed by atoms with E-state index < -0.39 is 22.9 Å². The number of piperidine rings is 1. The normalized spacial score (nSPS) is 18.1. The number of imidazole rings is 1. The largest absolute Gasteiger partial charge is 0.493 e. The van der Waals surface area contributed by atoms with E-state index in [0.29, 0.717) is 4.90 Å². The Hall–Kier alpha value is -4.13. The van der Waals surface area contributed by atoms with Crippen molar-refractivity contribution in [3.8, 4) is 5.88 Å². The summed E-state index contributed by atoms with van der Waals surface area (Å²) in [7, 11) is 0. The molecule has 0 radical (unpaired) electrons. The SMILES string of the molecule is NC1CCCC12CCN(c1ncc(Sc3cccc(NC(=O)c4c(O)nc5ccccn5c4=O)c3Cl)c3nccn13)CC2. The van der Waals surface area contributed by atoms with E-state index in [1.165, 1.54) is 35.2 Å². The van der Waals surface area contributed by atoms with Crippen LogP contribution in [-0.4, -0.2) is 53.9 Å². The van der Waals surface area contributed by atoms with Gasteiger partial charge in [0.15, 0.2) is 11.2 Å². The molecule has 5 aromatic rings. The molecule has 2 aliphatic rings. The summed E-state index contributed by atoms with van der Waals surface area (Å²) < 4.78 is 3.19. The Balaban J connectivity index is 1.13. The molecule has 5 heterocycles. The van der Waals surface area contributed by atoms with Crippen molar-refractivity contribution < 1.29 is 9.90 Å². The van der Waals surface area contributed by atoms with Crippen molar-refractivity contribution in [3.63, 3.8) is 0 Å². The molecule has 2 fully saturated rings. The van der Waals surface area contributed by atoms with Gasteiger partial charge >= 0.3 is 0 Å². The van der Waals surface area contributed by atoms with E-state index in [1.807, 2.05) is 16.7 Å². The maximum atomic E-state index is 13.1. The second-order valence-electron chi connectivity index (χ2n) is 11.1. The minimum Gasteiger partial charge on any atom is -0.493 e. The number of benzene rings is 1. The highest BCUT2D eigenvalue weighted by Crippen LogP contribution is 2.46. The third-order valence-electron chi connectivity index (χ3n) is 8.77. The van der Waals surface area contributed by atoms with Gasteiger partial charge < -0.3 is 21.1 Å². The number of hydrogen-bond acceptors (Lipinski definition) is 9. The number of anilines is 2. The highest BCUT2D eigenvalue weighted by Gasteiger charge is 2.43. The van der Waals surface area contributed by atoms with E-state index in [2.05, 4.69) is 20.2 Å². The van der Waals surface area contributed by atoms with Gasteiger partial charge in [0, 0.05) is 48.8 Å². The first-order chi connectivity index (χ1) is 20.8. The van der Waals surface area contributed by atoms with Gasteiger partial charge in [-0.25, -0.2) is 9.97 Å². The summed E-state index contributed by atoms with van der Waals surface area (Å²) in [4.78, 5) is 43.2. The summed E-state index contributed by atoms with van der Waals surface area (Å²) in [6, 6.07) is 10.4. The van der Waals surface area contributed by atoms with Gasteiger partial charge in [-0.05, 0) is 55.4 Å². The quantitative estimate of drug-likeness (QED) is 0.258. The smallest absolute Gasteiger partial charge is 0.274 e. The minimum atomic E-state index is -0.819. The minimum absolute atomic E-state index is 0.227. The van der Waals surface area contributed by atoms with Crippen molar-refractivity contribution in [2.24, 2.45) is 11.1 Å². The van der Waals surface area contributed by atoms with Crippen LogP contribution >= 0.6 is 23.4 Å². The van der Waals surface area contributed by atoms with Gasteiger partial charge in [0.2, 0.25) is 11.8 Å². The second-order valence-corrected chi connectivity index (χ2v) is 12.6. The number of hydrogen-bond donors (Lipinski definition) is 3. The van der Waals surface area contributed by atoms with E-state index in [4.69, 9.17) is 22.3 Å². The van der Waals surface area contributed by atoms with Gasteiger partial charge in [0.25, 0.3) is 11.5 Å². The molecule has 11 nitrogen and oxygen atoms in total. The number of aromatic hydroxyl groups is 1. The van der Waals surface area contributed by atoms with Gasteiger partial charge in [0.05, 0.1) is 15.6 Å². The molecular formula is C30H29ClN8O3S. The Morgan fingerprint density at radius 3 is 2.70 bits per heavy atom. The average molecular weight is 617 g/mol. The molecule has 0 bridgehead atoms. The summed E-state index contributed by atoms with van der Waals surface area (Å²) >= 11 is 8.12. The van der Waals surface area contributed by atoms with E-state index in [-0.39, 0.29) is 27.8 Å². The number of carbonyl (C=O) groups is 1. The summed E-state index contributed by atoms with van der Waals surface area (Å²) in [5.74, 6) is -0.625. The molecule has 1 spiro atoms. The molecule has 7 rings (SSSR count). The fraction of sp³-hybridized carbons (Fsp3) is 0.300. The molecule has 220 valence electrons. The van der Waals surface area contributed by atoms with Crippen molar-refractivity contribution >= 4 is 52.2 Å². The van der Waals surface area contributed by atoms with Crippen LogP contribution in [0.5, 0.6) is 5.88 Å². The van der Waals surface area contributed by atoms with E-state index in [9.17, 15) is 14.7 Å². The average Bonchev–Trinajstić information content (AvgIpc) is 3.63. The van der Waals surface area contributed by atoms with Crippen LogP contribution in [0.1, 0.15) is 42.5 Å². The fourth-order valence-corrected chi connectivity index (χ4v) is 7.61. The van der Waals surface area contributed by atoms with Crippen molar-refractivity contribution in [1.29, 1.82) is 0 Å². The lowest BCUT2D eigenvalue weighted by atomic mass is 9.74. The number of rotatable bonds is 5. The Kier molecular flexibility index (Phi) is 6.99. The molecule has 1 atom stereocenters. The number of nitrogens with two attached hydrogens (primary N) is 1. The zero-order valence-corrected chi connectivity index (χ0v) is 24.7. The number of halogens is 1. The molecule has 1 amide bonds. The Bertz CT molecular complexity index is 1930. The first-order valence-electron chi connectivity index (χ1n) is 14.2. The molecule has 4 aromatic heterocycles. The van der Waals surface area contributed by atoms with Crippen LogP contribution in [0.15, 0.2) is 75.8 Å². The van der Waals surface area contributed by atoms with Gasteiger partial charge in [-0.15, -0.1) is 0 Å². The number of nitrogens with zero attached hydrogens (tertiary/aromatic N) is 6. The number of aromatic nitrogens is 5. The van der Waals surface area contributed by atoms with Crippen molar-refractivity contribution in [1.82, 2.24) is 23.8 Å². The van der Waals surface area contributed by atoms with E-state index in [1.54, 1.807) is 42.7 Å². The summed E-state index contributed by atoms with van der Waals surface area (Å²) in [5, 5.41) is 13.3. The summed E-state index contributed by atoms with van der Waals surface area (Å²) in [6.07, 6.45) is 12.6. The molecule has 1 aliphatic carbocycles. The maximum absolute atomic E-state index is 13.1. The summed E-state index contributed by atoms with van der Waals surface area (Å²) in [6.45, 7) is 1.81. The van der Waals surface area contributed by atoms with Gasteiger partial charge in [-0.3, -0.25) is 18.4 Å². The molecule has 13 heteroatoms. The number of fused-ring (bicyclic) bond motifs is 2. The van der Waals surface area contributed by atoms with Gasteiger partial charge in [-0.1, -0.05) is 41.9 Å². The molecule has 1 saturated carbocycles. The highest BCUT2D eigenvalue weighted by atomic mass is 35.5. The number of amides is 1. The predicted octanol–water partition coefficient (Wildman–Crippen LogP) is 4.60. The number of carbonyl (C=O) groups excluding carboxylic acids is 1. The Morgan fingerprint density at radius 1 is 1.07 bits per heavy atom. The van der Waals surface area contributed by atoms with E-state index >= 15 is 0 Å². The van der Waals surface area contributed by atoms with Crippen molar-refractivity contribution in [2.45, 2.75) is 47.9 Å². The topological polar surface area (TPSA) is 143 Å². The molecule has 1 unspecified atom stereocenters. The van der Waals surface area contributed by atoms with Crippen LogP contribution in [0.3, 0.4) is 0 Å². The molecular weight excluding hydrogens is 588 g/mol. The lowest BCUT2D eigenvalue weighted by molar-refractivity contribution is 0.102. The highest BCUT2D eigenvalue weighted by molar-refractivity contribution is 7.99. The van der Waals surface area contributed by atoms with Crippen molar-refractivity contribution in [3.05, 3.63) is 82.1 Å². The van der Waals surface area contributed by atoms with Crippen LogP contribution in [0.4, 0.5) is 11.6 Å². The van der Waals surface area contributed by atoms with Gasteiger partial charge in [-0.2, -0.15) is 4.98 Å². The lowest BCUT2D eigenvalue weighted by Crippen LogP contribution is -2.47. The van der Waals surface area contributed by atoms with Crippen LogP contribution in [-0.2, 0) is 0 Å². The van der Waals surface area contributed by atoms with Crippen molar-refractivity contribution in [2.75, 3.05) is 23.3 Å². The zero-order chi connectivity index (χ0) is 29.7. The third kappa shape index (κ3) is 4.79. The molecule has 4 N–H and O–H groups in total. The van der Waals surface area contributed by atoms with E-state index in [0.717, 1.165) is 48.8 Å². The predicted molar refractivity (Wildman–Crippen MR) is 165 cm³/mol. The van der Waals surface area contributed by atoms with Crippen LogP contribution in [0.25, 0.3) is 11.3 Å². The van der Waals surface area contributed by atoms with Crippen LogP contribution in [0, 0.1) is 5.41 Å². The first kappa shape index (κ1) is 27.7. The molecule has 1 aromatic carbocycles. The molecule has 43 heavy (non-hydrogen) atoms. The Labute approximate surface area is 255 Å². The first-order valence-corrected chi connectivity index (χ1v) is 15.3. The fourth-order valence-electron chi connectivity index (χ4n) is 6.39. The Morgan fingerprint density at radius 2 is 1.91 bits per heavy atom. The number of pyridine rings is 1. The van der Waals surface area contributed by atoms with Crippen LogP contribution in [0.2, 0.25) is 5.02 Å². The standard InChI is InChI=1S/C30H29ClN8O3S/c31-24-18(35-26(40)23-27(41)36-22-8-1-2-13-38(22)28(23)42)5-3-6-19(24)43-20-17-34-29(39-16-12-33-25(20)39)37-14-10-30(11-15-37)9-4-7-21(30)32/h1-3,5-6,8,12-13,16-17,21,41H,4,7,9-11,14-15,32H2,(H,35,40). The lowest BCUT2D eigenvalue weighted by Gasteiger charge is -2.42. The zero-order valence-electron chi connectivity index (χ0n) is 23.1. The molecule has 1 aliphatic heterocycles. The number of nitrogens with one attached hydrogen (secondary N) is 1. The third-order valence-corrected chi connectivity index (χ3v) is 10.4.